The number of carbonyl (C=O) groups is 5. The largest absolute Gasteiger partial charge is 0.480 e. The highest BCUT2D eigenvalue weighted by molar-refractivity contribution is 5.95. The Morgan fingerprint density at radius 3 is 1.97 bits per heavy atom. The van der Waals surface area contributed by atoms with E-state index in [0.29, 0.717) is 12.0 Å². The van der Waals surface area contributed by atoms with Gasteiger partial charge in [-0.2, -0.15) is 0 Å². The van der Waals surface area contributed by atoms with Crippen molar-refractivity contribution in [2.45, 2.75) is 70.3 Å². The highest BCUT2D eigenvalue weighted by Gasteiger charge is 2.33. The number of hydrogen-bond acceptors (Lipinski definition) is 7. The zero-order valence-corrected chi connectivity index (χ0v) is 20.1. The SMILES string of the molecule is CCC(C)C(N)C(=O)NC(C(=O)NC(Cc1ccccc1)C(=O)NC(CC(N)=O)C(=O)O)C(C)O. The molecule has 1 aromatic rings. The molecule has 9 N–H and O–H groups in total. The molecule has 0 aliphatic carbocycles. The molecule has 0 saturated heterocycles. The number of hydrogen-bond donors (Lipinski definition) is 7. The maximum Gasteiger partial charge on any atom is 0.326 e. The first-order valence-electron chi connectivity index (χ1n) is 11.3. The zero-order chi connectivity index (χ0) is 26.7. The summed E-state index contributed by atoms with van der Waals surface area (Å²) in [7, 11) is 0. The van der Waals surface area contributed by atoms with Gasteiger partial charge in [0, 0.05) is 6.42 Å². The molecular formula is C23H35N5O7. The molecule has 0 bridgehead atoms. The van der Waals surface area contributed by atoms with E-state index in [1.807, 2.05) is 6.92 Å². The van der Waals surface area contributed by atoms with Crippen LogP contribution in [-0.2, 0) is 30.4 Å². The van der Waals surface area contributed by atoms with E-state index in [4.69, 9.17) is 11.5 Å². The summed E-state index contributed by atoms with van der Waals surface area (Å²) in [6.07, 6.45) is -1.39. The number of amides is 4. The Kier molecular flexibility index (Phi) is 11.8. The molecule has 0 heterocycles. The topological polar surface area (TPSA) is 214 Å². The number of primary amides is 1. The Morgan fingerprint density at radius 2 is 1.49 bits per heavy atom. The molecule has 6 unspecified atom stereocenters. The third-order valence-electron chi connectivity index (χ3n) is 5.56. The molecular weight excluding hydrogens is 458 g/mol. The lowest BCUT2D eigenvalue weighted by atomic mass is 9.98. The van der Waals surface area contributed by atoms with Gasteiger partial charge < -0.3 is 37.6 Å². The summed E-state index contributed by atoms with van der Waals surface area (Å²) >= 11 is 0. The molecule has 0 saturated carbocycles. The average Bonchev–Trinajstić information content (AvgIpc) is 2.80. The molecule has 194 valence electrons. The second-order valence-electron chi connectivity index (χ2n) is 8.46. The van der Waals surface area contributed by atoms with Crippen LogP contribution < -0.4 is 27.4 Å². The number of aliphatic hydroxyl groups excluding tert-OH is 1. The van der Waals surface area contributed by atoms with Crippen molar-refractivity contribution >= 4 is 29.6 Å². The molecule has 1 rings (SSSR count). The molecule has 4 amide bonds. The normalized spacial score (nSPS) is 16.0. The van der Waals surface area contributed by atoms with Gasteiger partial charge in [-0.25, -0.2) is 4.79 Å². The minimum absolute atomic E-state index is 0.0335. The highest BCUT2D eigenvalue weighted by atomic mass is 16.4. The number of carboxylic acid groups (broad SMARTS) is 1. The summed E-state index contributed by atoms with van der Waals surface area (Å²) in [5.41, 5.74) is 11.6. The number of carbonyl (C=O) groups excluding carboxylic acids is 4. The molecule has 35 heavy (non-hydrogen) atoms. The minimum Gasteiger partial charge on any atom is -0.480 e. The van der Waals surface area contributed by atoms with Crippen molar-refractivity contribution in [2.75, 3.05) is 0 Å². The van der Waals surface area contributed by atoms with Gasteiger partial charge in [-0.3, -0.25) is 19.2 Å². The quantitative estimate of drug-likeness (QED) is 0.160. The maximum absolute atomic E-state index is 13.0. The lowest BCUT2D eigenvalue weighted by Gasteiger charge is -2.27. The summed E-state index contributed by atoms with van der Waals surface area (Å²) in [4.78, 5) is 61.0. The summed E-state index contributed by atoms with van der Waals surface area (Å²) in [5, 5.41) is 26.5. The van der Waals surface area contributed by atoms with E-state index in [1.165, 1.54) is 6.92 Å². The van der Waals surface area contributed by atoms with Crippen molar-refractivity contribution < 1.29 is 34.2 Å². The van der Waals surface area contributed by atoms with Crippen LogP contribution in [-0.4, -0.2) is 70.1 Å². The second-order valence-corrected chi connectivity index (χ2v) is 8.46. The number of rotatable bonds is 14. The van der Waals surface area contributed by atoms with Crippen LogP contribution >= 0.6 is 0 Å². The van der Waals surface area contributed by atoms with Crippen molar-refractivity contribution in [3.63, 3.8) is 0 Å². The lowest BCUT2D eigenvalue weighted by molar-refractivity contribution is -0.143. The van der Waals surface area contributed by atoms with Crippen molar-refractivity contribution in [3.05, 3.63) is 35.9 Å². The number of aliphatic hydroxyl groups is 1. The Bertz CT molecular complexity index is 894. The van der Waals surface area contributed by atoms with Gasteiger partial charge in [0.25, 0.3) is 0 Å². The molecule has 0 aromatic heterocycles. The van der Waals surface area contributed by atoms with Gasteiger partial charge >= 0.3 is 5.97 Å². The van der Waals surface area contributed by atoms with E-state index in [-0.39, 0.29) is 12.3 Å². The van der Waals surface area contributed by atoms with Crippen LogP contribution in [0.3, 0.4) is 0 Å². The number of benzene rings is 1. The molecule has 12 heteroatoms. The molecule has 0 aliphatic heterocycles. The number of carboxylic acids is 1. The smallest absolute Gasteiger partial charge is 0.326 e. The first-order chi connectivity index (χ1) is 16.4. The van der Waals surface area contributed by atoms with E-state index in [1.54, 1.807) is 37.3 Å². The van der Waals surface area contributed by atoms with E-state index < -0.39 is 66.3 Å². The van der Waals surface area contributed by atoms with Crippen LogP contribution in [0.1, 0.15) is 39.2 Å². The van der Waals surface area contributed by atoms with Crippen LogP contribution in [0.15, 0.2) is 30.3 Å². The van der Waals surface area contributed by atoms with Crippen molar-refractivity contribution in [1.29, 1.82) is 0 Å². The summed E-state index contributed by atoms with van der Waals surface area (Å²) in [6.45, 7) is 4.91. The Balaban J connectivity index is 3.11. The fourth-order valence-electron chi connectivity index (χ4n) is 3.16. The van der Waals surface area contributed by atoms with Crippen LogP contribution in [0.2, 0.25) is 0 Å². The van der Waals surface area contributed by atoms with Crippen molar-refractivity contribution in [1.82, 2.24) is 16.0 Å². The standard InChI is InChI=1S/C23H35N5O7/c1-4-12(2)18(25)21(32)28-19(13(3)29)22(33)26-15(10-14-8-6-5-7-9-14)20(31)27-16(23(34)35)11-17(24)30/h5-9,12-13,15-16,18-19,29H,4,10-11,25H2,1-3H3,(H2,24,30)(H,26,33)(H,27,31)(H,28,32)(H,34,35). The number of nitrogens with one attached hydrogen (secondary N) is 3. The summed E-state index contributed by atoms with van der Waals surface area (Å²) < 4.78 is 0. The van der Waals surface area contributed by atoms with Gasteiger partial charge in [0.2, 0.25) is 23.6 Å². The molecule has 12 nitrogen and oxygen atoms in total. The predicted molar refractivity (Wildman–Crippen MR) is 126 cm³/mol. The van der Waals surface area contributed by atoms with Gasteiger partial charge in [0.1, 0.15) is 18.1 Å². The maximum atomic E-state index is 13.0. The third-order valence-corrected chi connectivity index (χ3v) is 5.56. The van der Waals surface area contributed by atoms with Crippen molar-refractivity contribution in [2.24, 2.45) is 17.4 Å². The van der Waals surface area contributed by atoms with E-state index >= 15 is 0 Å². The molecule has 6 atom stereocenters. The third kappa shape index (κ3) is 9.71. The van der Waals surface area contributed by atoms with E-state index in [9.17, 15) is 34.2 Å². The molecule has 0 fully saturated rings. The molecule has 0 radical (unpaired) electrons. The first-order valence-corrected chi connectivity index (χ1v) is 11.3. The Morgan fingerprint density at radius 1 is 0.914 bits per heavy atom. The molecule has 1 aromatic carbocycles. The summed E-state index contributed by atoms with van der Waals surface area (Å²) in [5.74, 6) is -4.99. The van der Waals surface area contributed by atoms with Crippen LogP contribution in [0.4, 0.5) is 0 Å². The van der Waals surface area contributed by atoms with E-state index in [2.05, 4.69) is 16.0 Å². The predicted octanol–water partition coefficient (Wildman–Crippen LogP) is -1.60. The Hall–Kier alpha value is -3.51. The fraction of sp³-hybridized carbons (Fsp3) is 0.522. The minimum atomic E-state index is -1.60. The van der Waals surface area contributed by atoms with Crippen molar-refractivity contribution in [3.8, 4) is 0 Å². The lowest BCUT2D eigenvalue weighted by Crippen LogP contribution is -2.60. The van der Waals surface area contributed by atoms with Gasteiger partial charge in [-0.1, -0.05) is 50.6 Å². The molecule has 0 spiro atoms. The van der Waals surface area contributed by atoms with Gasteiger partial charge in [0.15, 0.2) is 0 Å². The van der Waals surface area contributed by atoms with Gasteiger partial charge in [0.05, 0.1) is 18.6 Å². The second kappa shape index (κ2) is 14.0. The highest BCUT2D eigenvalue weighted by Crippen LogP contribution is 2.08. The monoisotopic (exact) mass is 493 g/mol. The van der Waals surface area contributed by atoms with Crippen LogP contribution in [0.5, 0.6) is 0 Å². The van der Waals surface area contributed by atoms with E-state index in [0.717, 1.165) is 0 Å². The average molecular weight is 494 g/mol. The van der Waals surface area contributed by atoms with Crippen LogP contribution in [0.25, 0.3) is 0 Å². The summed E-state index contributed by atoms with van der Waals surface area (Å²) in [6, 6.07) is 3.35. The molecule has 0 aliphatic rings. The first kappa shape index (κ1) is 29.5. The zero-order valence-electron chi connectivity index (χ0n) is 20.1. The van der Waals surface area contributed by atoms with Gasteiger partial charge in [-0.05, 0) is 18.4 Å². The fourth-order valence-corrected chi connectivity index (χ4v) is 3.16. The van der Waals surface area contributed by atoms with Crippen LogP contribution in [0, 0.1) is 5.92 Å². The Labute approximate surface area is 203 Å². The number of aliphatic carboxylic acids is 1. The van der Waals surface area contributed by atoms with Gasteiger partial charge in [-0.15, -0.1) is 0 Å². The number of nitrogens with two attached hydrogens (primary N) is 2.